The maximum atomic E-state index is 6.58. The first-order valence-corrected chi connectivity index (χ1v) is 23.7. The zero-order valence-corrected chi connectivity index (χ0v) is 37.8. The van der Waals surface area contributed by atoms with Gasteiger partial charge in [-0.15, -0.1) is 0 Å². The van der Waals surface area contributed by atoms with Crippen molar-refractivity contribution in [2.45, 2.75) is 0 Å². The lowest BCUT2D eigenvalue weighted by Gasteiger charge is -2.17. The maximum absolute atomic E-state index is 6.58. The van der Waals surface area contributed by atoms with E-state index in [1.54, 1.807) is 0 Å². The SMILES string of the molecule is c1ccc(-c2ccccc2-c2nc(-c3ccccc3-c3ccccc3)nc(-c3ccc(-n4c5cc6ccccc6cc5c5c6ccccc6ccc54)cc3-c3ccc4c(c3)oc3ccccc34)n2)cc1. The van der Waals surface area contributed by atoms with E-state index in [1.807, 2.05) is 24.3 Å². The highest BCUT2D eigenvalue weighted by molar-refractivity contribution is 6.23. The number of fused-ring (bicyclic) bond motifs is 9. The lowest BCUT2D eigenvalue weighted by molar-refractivity contribution is 0.669. The van der Waals surface area contributed by atoms with Crippen LogP contribution in [0.5, 0.6) is 0 Å². The molecule has 3 heterocycles. The van der Waals surface area contributed by atoms with Gasteiger partial charge in [0.2, 0.25) is 0 Å². The third kappa shape index (κ3) is 6.51. The van der Waals surface area contributed by atoms with Crippen LogP contribution < -0.4 is 0 Å². The number of nitrogens with zero attached hydrogens (tertiary/aromatic N) is 4. The first-order chi connectivity index (χ1) is 34.7. The van der Waals surface area contributed by atoms with Crippen LogP contribution in [0.4, 0.5) is 0 Å². The normalized spacial score (nSPS) is 11.7. The van der Waals surface area contributed by atoms with Crippen LogP contribution in [0.3, 0.4) is 0 Å². The van der Waals surface area contributed by atoms with Gasteiger partial charge in [0.05, 0.1) is 11.0 Å². The zero-order valence-electron chi connectivity index (χ0n) is 37.8. The van der Waals surface area contributed by atoms with E-state index in [0.717, 1.165) is 88.7 Å². The van der Waals surface area contributed by atoms with E-state index in [1.165, 1.54) is 32.3 Å². The number of benzene rings is 11. The predicted molar refractivity (Wildman–Crippen MR) is 289 cm³/mol. The molecule has 0 aliphatic heterocycles. The van der Waals surface area contributed by atoms with E-state index in [-0.39, 0.29) is 0 Å². The minimum absolute atomic E-state index is 0.566. The molecule has 11 aromatic carbocycles. The van der Waals surface area contributed by atoms with Gasteiger partial charge in [0, 0.05) is 43.9 Å². The number of para-hydroxylation sites is 1. The Balaban J connectivity index is 1.06. The van der Waals surface area contributed by atoms with Gasteiger partial charge < -0.3 is 8.98 Å². The summed E-state index contributed by atoms with van der Waals surface area (Å²) >= 11 is 0. The number of hydrogen-bond acceptors (Lipinski definition) is 4. The van der Waals surface area contributed by atoms with Gasteiger partial charge in [0.15, 0.2) is 17.5 Å². The Kier molecular flexibility index (Phi) is 9.14. The van der Waals surface area contributed by atoms with Crippen molar-refractivity contribution in [2.75, 3.05) is 0 Å². The van der Waals surface area contributed by atoms with E-state index < -0.39 is 0 Å². The van der Waals surface area contributed by atoms with Crippen molar-refractivity contribution in [2.24, 2.45) is 0 Å². The van der Waals surface area contributed by atoms with E-state index in [2.05, 4.69) is 223 Å². The minimum Gasteiger partial charge on any atom is -0.456 e. The Labute approximate surface area is 403 Å². The molecule has 0 aliphatic rings. The molecule has 0 fully saturated rings. The summed E-state index contributed by atoms with van der Waals surface area (Å²) in [5.41, 5.74) is 13.9. The van der Waals surface area contributed by atoms with Crippen molar-refractivity contribution in [1.29, 1.82) is 0 Å². The van der Waals surface area contributed by atoms with Crippen LogP contribution in [-0.4, -0.2) is 19.5 Å². The molecule has 14 rings (SSSR count). The van der Waals surface area contributed by atoms with Gasteiger partial charge in [-0.3, -0.25) is 0 Å². The number of furan rings is 1. The van der Waals surface area contributed by atoms with Gasteiger partial charge in [0.1, 0.15) is 11.2 Å². The highest BCUT2D eigenvalue weighted by Gasteiger charge is 2.23. The van der Waals surface area contributed by atoms with E-state index in [4.69, 9.17) is 19.4 Å². The summed E-state index contributed by atoms with van der Waals surface area (Å²) in [6.07, 6.45) is 0. The summed E-state index contributed by atoms with van der Waals surface area (Å²) < 4.78 is 9.00. The topological polar surface area (TPSA) is 56.7 Å². The molecule has 0 spiro atoms. The zero-order chi connectivity index (χ0) is 46.1. The molecule has 0 aliphatic carbocycles. The van der Waals surface area contributed by atoms with Crippen molar-refractivity contribution >= 4 is 65.3 Å². The van der Waals surface area contributed by atoms with Gasteiger partial charge in [-0.05, 0) is 110 Å². The smallest absolute Gasteiger partial charge is 0.164 e. The van der Waals surface area contributed by atoms with Crippen molar-refractivity contribution in [3.8, 4) is 73.2 Å². The monoisotopic (exact) mass is 892 g/mol. The molecule has 70 heavy (non-hydrogen) atoms. The Bertz CT molecular complexity index is 4260. The first-order valence-electron chi connectivity index (χ1n) is 23.7. The minimum atomic E-state index is 0.566. The average Bonchev–Trinajstić information content (AvgIpc) is 3.97. The molecule has 5 heteroatoms. The molecule has 0 atom stereocenters. The molecule has 0 saturated heterocycles. The van der Waals surface area contributed by atoms with E-state index in [9.17, 15) is 0 Å². The fourth-order valence-corrected chi connectivity index (χ4v) is 10.6. The number of rotatable bonds is 7. The van der Waals surface area contributed by atoms with Gasteiger partial charge in [-0.2, -0.15) is 0 Å². The summed E-state index contributed by atoms with van der Waals surface area (Å²) in [6.45, 7) is 0. The lowest BCUT2D eigenvalue weighted by Crippen LogP contribution is -2.03. The molecule has 14 aromatic rings. The fourth-order valence-electron chi connectivity index (χ4n) is 10.6. The predicted octanol–water partition coefficient (Wildman–Crippen LogP) is 17.2. The molecule has 0 bridgehead atoms. The van der Waals surface area contributed by atoms with Crippen LogP contribution >= 0.6 is 0 Å². The van der Waals surface area contributed by atoms with Gasteiger partial charge in [-0.25, -0.2) is 15.0 Å². The highest BCUT2D eigenvalue weighted by Crippen LogP contribution is 2.43. The largest absolute Gasteiger partial charge is 0.456 e. The Morgan fingerprint density at radius 2 is 0.814 bits per heavy atom. The second-order valence-electron chi connectivity index (χ2n) is 17.9. The Morgan fingerprint density at radius 3 is 1.49 bits per heavy atom. The molecule has 0 amide bonds. The van der Waals surface area contributed by atoms with Crippen molar-refractivity contribution in [3.05, 3.63) is 243 Å². The van der Waals surface area contributed by atoms with E-state index >= 15 is 0 Å². The summed E-state index contributed by atoms with van der Waals surface area (Å²) in [5.74, 6) is 1.74. The lowest BCUT2D eigenvalue weighted by atomic mass is 9.96. The Hall–Kier alpha value is -9.45. The summed E-state index contributed by atoms with van der Waals surface area (Å²) in [4.78, 5) is 16.3. The molecule has 3 aromatic heterocycles. The first kappa shape index (κ1) is 39.7. The van der Waals surface area contributed by atoms with Crippen LogP contribution in [0.25, 0.3) is 139 Å². The second kappa shape index (κ2) is 16.1. The highest BCUT2D eigenvalue weighted by atomic mass is 16.3. The number of aromatic nitrogens is 4. The molecular weight excluding hydrogens is 853 g/mol. The van der Waals surface area contributed by atoms with E-state index in [0.29, 0.717) is 17.5 Å². The molecule has 0 N–H and O–H groups in total. The quantitative estimate of drug-likeness (QED) is 0.160. The molecule has 0 unspecified atom stereocenters. The summed E-state index contributed by atoms with van der Waals surface area (Å²) in [6, 6.07) is 85.8. The summed E-state index contributed by atoms with van der Waals surface area (Å²) in [5, 5.41) is 9.43. The van der Waals surface area contributed by atoms with Gasteiger partial charge in [-0.1, -0.05) is 188 Å². The van der Waals surface area contributed by atoms with Crippen LogP contribution in [-0.2, 0) is 0 Å². The van der Waals surface area contributed by atoms with Crippen LogP contribution in [0.15, 0.2) is 247 Å². The molecule has 0 saturated carbocycles. The summed E-state index contributed by atoms with van der Waals surface area (Å²) in [7, 11) is 0. The molecule has 0 radical (unpaired) electrons. The molecular formula is C65H40N4O. The maximum Gasteiger partial charge on any atom is 0.164 e. The van der Waals surface area contributed by atoms with Crippen molar-refractivity contribution in [1.82, 2.24) is 19.5 Å². The molecule has 326 valence electrons. The van der Waals surface area contributed by atoms with Crippen molar-refractivity contribution in [3.63, 3.8) is 0 Å². The molecule has 5 nitrogen and oxygen atoms in total. The standard InChI is InChI=1S/C65H40N4O/c1-3-17-41(18-4-1)48-24-11-13-28-53(48)63-66-64(54-29-14-12-25-49(54)42-19-5-2-6-20-42)68-65(67-63)55-35-33-47(40-56(55)46-31-34-52-51-27-15-16-30-60(51)70-61(52)39-46)69-58-36-32-43-21-9-10-26-50(43)62(58)57-37-44-22-7-8-23-45(44)38-59(57)69/h1-40H. The average molecular weight is 893 g/mol. The Morgan fingerprint density at radius 1 is 0.286 bits per heavy atom. The van der Waals surface area contributed by atoms with Crippen LogP contribution in [0.1, 0.15) is 0 Å². The van der Waals surface area contributed by atoms with Gasteiger partial charge >= 0.3 is 0 Å². The van der Waals surface area contributed by atoms with Gasteiger partial charge in [0.25, 0.3) is 0 Å². The van der Waals surface area contributed by atoms with Crippen LogP contribution in [0.2, 0.25) is 0 Å². The third-order valence-corrected chi connectivity index (χ3v) is 13.9. The second-order valence-corrected chi connectivity index (χ2v) is 17.9. The third-order valence-electron chi connectivity index (χ3n) is 13.9. The number of hydrogen-bond donors (Lipinski definition) is 0. The van der Waals surface area contributed by atoms with Crippen molar-refractivity contribution < 1.29 is 4.42 Å². The fraction of sp³-hybridized carbons (Fsp3) is 0. The van der Waals surface area contributed by atoms with Crippen LogP contribution in [0, 0.1) is 0 Å².